The molecule has 4 aliphatic rings. The highest BCUT2D eigenvalue weighted by atomic mass is 35.5. The molecule has 4 fully saturated rings. The van der Waals surface area contributed by atoms with Gasteiger partial charge in [0.1, 0.15) is 0 Å². The van der Waals surface area contributed by atoms with Crippen molar-refractivity contribution in [3.63, 3.8) is 0 Å². The molecule has 0 radical (unpaired) electrons. The van der Waals surface area contributed by atoms with Gasteiger partial charge in [-0.3, -0.25) is 0 Å². The highest BCUT2D eigenvalue weighted by Gasteiger charge is 2.43. The Morgan fingerprint density at radius 2 is 1.75 bits per heavy atom. The zero-order valence-electron chi connectivity index (χ0n) is 12.4. The van der Waals surface area contributed by atoms with Gasteiger partial charge in [0.05, 0.1) is 18.3 Å². The minimum absolute atomic E-state index is 0. The molecule has 2 saturated heterocycles. The molecule has 2 saturated carbocycles. The third-order valence-corrected chi connectivity index (χ3v) is 5.42. The average Bonchev–Trinajstić information content (AvgIpc) is 3.33. The van der Waals surface area contributed by atoms with Gasteiger partial charge < -0.3 is 14.4 Å². The molecule has 1 spiro atoms. The Morgan fingerprint density at radius 3 is 2.40 bits per heavy atom. The van der Waals surface area contributed by atoms with Crippen molar-refractivity contribution < 1.29 is 9.47 Å². The van der Waals surface area contributed by atoms with Crippen LogP contribution in [-0.2, 0) is 9.47 Å². The largest absolute Gasteiger partial charge is 0.375 e. The molecular weight excluding hydrogens is 274 g/mol. The van der Waals surface area contributed by atoms with Gasteiger partial charge in [-0.2, -0.15) is 0 Å². The fraction of sp³-hybridized carbons (Fsp3) is 1.00. The number of nitrogens with zero attached hydrogens (tertiary/aromatic N) is 1. The predicted octanol–water partition coefficient (Wildman–Crippen LogP) is 2.87. The fourth-order valence-electron chi connectivity index (χ4n) is 3.62. The van der Waals surface area contributed by atoms with Crippen LogP contribution in [0.4, 0.5) is 0 Å². The molecule has 1 unspecified atom stereocenters. The van der Waals surface area contributed by atoms with Crippen LogP contribution in [0.3, 0.4) is 0 Å². The molecular formula is C16H28ClNO2. The fourth-order valence-corrected chi connectivity index (χ4v) is 3.62. The highest BCUT2D eigenvalue weighted by Crippen LogP contribution is 2.39. The maximum atomic E-state index is 6.16. The molecule has 0 aromatic rings. The molecule has 0 bridgehead atoms. The van der Waals surface area contributed by atoms with Gasteiger partial charge in [-0.25, -0.2) is 0 Å². The maximum Gasteiger partial charge on any atom is 0.0836 e. The standard InChI is InChI=1S/C16H27NO2.ClH/c1-2-13(1)10-17-7-5-16(6-8-17)9-15(12-19-16)18-11-14-3-4-14;/h13-15H,1-12H2;1H. The van der Waals surface area contributed by atoms with E-state index < -0.39 is 0 Å². The van der Waals surface area contributed by atoms with E-state index in [0.29, 0.717) is 6.10 Å². The van der Waals surface area contributed by atoms with Crippen LogP contribution in [0.15, 0.2) is 0 Å². The molecule has 20 heavy (non-hydrogen) atoms. The van der Waals surface area contributed by atoms with Crippen LogP contribution in [-0.4, -0.2) is 49.5 Å². The van der Waals surface area contributed by atoms with Crippen LogP contribution < -0.4 is 0 Å². The van der Waals surface area contributed by atoms with Crippen LogP contribution in [0.2, 0.25) is 0 Å². The van der Waals surface area contributed by atoms with Crippen LogP contribution in [0, 0.1) is 11.8 Å². The van der Waals surface area contributed by atoms with Crippen molar-refractivity contribution in [2.45, 2.75) is 56.7 Å². The second kappa shape index (κ2) is 6.12. The SMILES string of the molecule is C1CC1COC1COC2(CCN(CC3CC3)CC2)C1.Cl. The summed E-state index contributed by atoms with van der Waals surface area (Å²) >= 11 is 0. The van der Waals surface area contributed by atoms with Gasteiger partial charge >= 0.3 is 0 Å². The molecule has 2 aliphatic heterocycles. The van der Waals surface area contributed by atoms with E-state index in [1.165, 1.54) is 58.2 Å². The molecule has 1 atom stereocenters. The zero-order chi connectivity index (χ0) is 12.7. The van der Waals surface area contributed by atoms with E-state index in [4.69, 9.17) is 9.47 Å². The van der Waals surface area contributed by atoms with Crippen molar-refractivity contribution >= 4 is 12.4 Å². The minimum Gasteiger partial charge on any atom is -0.375 e. The quantitative estimate of drug-likeness (QED) is 0.779. The third kappa shape index (κ3) is 3.68. The Balaban J connectivity index is 0.00000121. The van der Waals surface area contributed by atoms with Crippen LogP contribution in [0.25, 0.3) is 0 Å². The van der Waals surface area contributed by atoms with E-state index in [0.717, 1.165) is 31.5 Å². The van der Waals surface area contributed by atoms with Gasteiger partial charge in [0.15, 0.2) is 0 Å². The predicted molar refractivity (Wildman–Crippen MR) is 81.4 cm³/mol. The Bertz CT molecular complexity index is 322. The maximum absolute atomic E-state index is 6.16. The zero-order valence-corrected chi connectivity index (χ0v) is 13.2. The first-order chi connectivity index (χ1) is 9.31. The summed E-state index contributed by atoms with van der Waals surface area (Å²) in [6.45, 7) is 5.66. The minimum atomic E-state index is 0. The molecule has 4 heteroatoms. The second-order valence-corrected chi connectivity index (χ2v) is 7.34. The lowest BCUT2D eigenvalue weighted by Gasteiger charge is -2.38. The lowest BCUT2D eigenvalue weighted by molar-refractivity contribution is -0.0459. The van der Waals surface area contributed by atoms with E-state index >= 15 is 0 Å². The summed E-state index contributed by atoms with van der Waals surface area (Å²) in [5.74, 6) is 1.89. The average molecular weight is 302 g/mol. The van der Waals surface area contributed by atoms with E-state index in [2.05, 4.69) is 4.90 Å². The molecule has 0 aromatic heterocycles. The van der Waals surface area contributed by atoms with E-state index in [9.17, 15) is 0 Å². The van der Waals surface area contributed by atoms with Gasteiger partial charge in [-0.1, -0.05) is 0 Å². The first-order valence-corrected chi connectivity index (χ1v) is 8.29. The Morgan fingerprint density at radius 1 is 1.05 bits per heavy atom. The van der Waals surface area contributed by atoms with Gasteiger partial charge in [0, 0.05) is 32.7 Å². The normalized spacial score (nSPS) is 33.3. The molecule has 2 aliphatic carbocycles. The van der Waals surface area contributed by atoms with Crippen molar-refractivity contribution in [1.82, 2.24) is 4.90 Å². The van der Waals surface area contributed by atoms with E-state index in [-0.39, 0.29) is 18.0 Å². The smallest absolute Gasteiger partial charge is 0.0836 e. The summed E-state index contributed by atoms with van der Waals surface area (Å²) in [7, 11) is 0. The van der Waals surface area contributed by atoms with Crippen LogP contribution in [0.1, 0.15) is 44.9 Å². The Hall–Kier alpha value is 0.170. The number of piperidine rings is 1. The summed E-state index contributed by atoms with van der Waals surface area (Å²) in [5, 5.41) is 0. The summed E-state index contributed by atoms with van der Waals surface area (Å²) in [6.07, 6.45) is 9.69. The van der Waals surface area contributed by atoms with E-state index in [1.54, 1.807) is 0 Å². The topological polar surface area (TPSA) is 21.7 Å². The number of halogens is 1. The van der Waals surface area contributed by atoms with Crippen molar-refractivity contribution in [2.24, 2.45) is 11.8 Å². The molecule has 116 valence electrons. The lowest BCUT2D eigenvalue weighted by atomic mass is 9.88. The number of hydrogen-bond acceptors (Lipinski definition) is 3. The molecule has 0 aromatic carbocycles. The van der Waals surface area contributed by atoms with Gasteiger partial charge in [0.2, 0.25) is 0 Å². The highest BCUT2D eigenvalue weighted by molar-refractivity contribution is 5.85. The molecule has 0 N–H and O–H groups in total. The first-order valence-electron chi connectivity index (χ1n) is 8.29. The molecule has 4 rings (SSSR count). The first kappa shape index (κ1) is 15.1. The summed E-state index contributed by atoms with van der Waals surface area (Å²) < 4.78 is 12.2. The van der Waals surface area contributed by atoms with Crippen LogP contribution >= 0.6 is 12.4 Å². The van der Waals surface area contributed by atoms with Crippen molar-refractivity contribution in [3.05, 3.63) is 0 Å². The Kier molecular flexibility index (Phi) is 4.61. The van der Waals surface area contributed by atoms with Gasteiger partial charge in [-0.05, 0) is 50.4 Å². The van der Waals surface area contributed by atoms with Crippen LogP contribution in [0.5, 0.6) is 0 Å². The summed E-state index contributed by atoms with van der Waals surface area (Å²) in [5.41, 5.74) is 0.175. The van der Waals surface area contributed by atoms with Crippen molar-refractivity contribution in [1.29, 1.82) is 0 Å². The van der Waals surface area contributed by atoms with Gasteiger partial charge in [0.25, 0.3) is 0 Å². The molecule has 0 amide bonds. The summed E-state index contributed by atoms with van der Waals surface area (Å²) in [6, 6.07) is 0. The monoisotopic (exact) mass is 301 g/mol. The number of rotatable bonds is 5. The Labute approximate surface area is 128 Å². The number of ether oxygens (including phenoxy) is 2. The lowest BCUT2D eigenvalue weighted by Crippen LogP contribution is -2.44. The molecule has 2 heterocycles. The second-order valence-electron chi connectivity index (χ2n) is 7.34. The number of likely N-dealkylation sites (tertiary alicyclic amines) is 1. The van der Waals surface area contributed by atoms with Crippen molar-refractivity contribution in [3.8, 4) is 0 Å². The molecule has 3 nitrogen and oxygen atoms in total. The van der Waals surface area contributed by atoms with Gasteiger partial charge in [-0.15, -0.1) is 12.4 Å². The van der Waals surface area contributed by atoms with E-state index in [1.807, 2.05) is 0 Å². The van der Waals surface area contributed by atoms with Crippen molar-refractivity contribution in [2.75, 3.05) is 32.8 Å². The third-order valence-electron chi connectivity index (χ3n) is 5.42. The summed E-state index contributed by atoms with van der Waals surface area (Å²) in [4.78, 5) is 2.66. The number of hydrogen-bond donors (Lipinski definition) is 0.